The second-order valence-corrected chi connectivity index (χ2v) is 7.00. The van der Waals surface area contributed by atoms with Crippen molar-refractivity contribution in [3.05, 3.63) is 17.5 Å². The molecule has 0 bridgehead atoms. The lowest BCUT2D eigenvalue weighted by Crippen LogP contribution is -2.44. The summed E-state index contributed by atoms with van der Waals surface area (Å²) in [6.07, 6.45) is 6.45. The van der Waals surface area contributed by atoms with Gasteiger partial charge < -0.3 is 9.26 Å². The number of ether oxygens (including phenoxy) is 1. The summed E-state index contributed by atoms with van der Waals surface area (Å²) in [5, 5.41) is 3.71. The SMILES string of the molecule is C#Cc1cc(CC[C@@](C)(C(=O)OCC)S(C)(=O)=O)no1. The summed E-state index contributed by atoms with van der Waals surface area (Å²) in [6.45, 7) is 3.09. The number of aryl methyl sites for hydroxylation is 1. The van der Waals surface area contributed by atoms with Crippen LogP contribution >= 0.6 is 0 Å². The molecule has 1 aromatic rings. The highest BCUT2D eigenvalue weighted by Crippen LogP contribution is 2.25. The molecule has 0 unspecified atom stereocenters. The number of hydrogen-bond acceptors (Lipinski definition) is 6. The highest BCUT2D eigenvalue weighted by Gasteiger charge is 2.44. The van der Waals surface area contributed by atoms with E-state index in [-0.39, 0.29) is 25.2 Å². The zero-order valence-electron chi connectivity index (χ0n) is 11.7. The molecule has 20 heavy (non-hydrogen) atoms. The van der Waals surface area contributed by atoms with Gasteiger partial charge in [-0.05, 0) is 32.6 Å². The first kappa shape index (κ1) is 16.2. The number of sulfone groups is 1. The number of rotatable bonds is 6. The maximum atomic E-state index is 11.9. The van der Waals surface area contributed by atoms with Gasteiger partial charge in [0.1, 0.15) is 0 Å². The molecule has 0 N–H and O–H groups in total. The van der Waals surface area contributed by atoms with Gasteiger partial charge in [0.2, 0.25) is 5.76 Å². The first-order chi connectivity index (χ1) is 9.24. The molecule has 0 spiro atoms. The molecule has 0 amide bonds. The van der Waals surface area contributed by atoms with E-state index in [4.69, 9.17) is 15.7 Å². The van der Waals surface area contributed by atoms with E-state index in [1.165, 1.54) is 13.0 Å². The van der Waals surface area contributed by atoms with Crippen molar-refractivity contribution in [1.82, 2.24) is 5.16 Å². The van der Waals surface area contributed by atoms with Gasteiger partial charge in [-0.3, -0.25) is 4.79 Å². The molecule has 0 radical (unpaired) electrons. The quantitative estimate of drug-likeness (QED) is 0.574. The Morgan fingerprint density at radius 1 is 1.60 bits per heavy atom. The molecule has 1 rings (SSSR count). The summed E-state index contributed by atoms with van der Waals surface area (Å²) in [5.41, 5.74) is 0.497. The van der Waals surface area contributed by atoms with Crippen molar-refractivity contribution in [2.24, 2.45) is 0 Å². The summed E-state index contributed by atoms with van der Waals surface area (Å²) >= 11 is 0. The van der Waals surface area contributed by atoms with E-state index in [0.29, 0.717) is 5.69 Å². The molecule has 1 heterocycles. The van der Waals surface area contributed by atoms with Crippen LogP contribution in [0.3, 0.4) is 0 Å². The number of hydrogen-bond donors (Lipinski definition) is 0. The third-order valence-corrected chi connectivity index (χ3v) is 5.09. The molecule has 0 aliphatic carbocycles. The standard InChI is InChI=1S/C13H17NO5S/c1-5-11-9-10(14-19-11)7-8-13(3,20(4,16)17)12(15)18-6-2/h1,9H,6-8H2,2-4H3/t13-/m0/s1. The lowest BCUT2D eigenvalue weighted by atomic mass is 10.0. The van der Waals surface area contributed by atoms with Crippen LogP contribution in [0.25, 0.3) is 0 Å². The van der Waals surface area contributed by atoms with Crippen LogP contribution in [0.2, 0.25) is 0 Å². The number of terminal acetylenes is 1. The largest absolute Gasteiger partial charge is 0.465 e. The topological polar surface area (TPSA) is 86.5 Å². The van der Waals surface area contributed by atoms with Crippen LogP contribution < -0.4 is 0 Å². The lowest BCUT2D eigenvalue weighted by Gasteiger charge is -2.24. The van der Waals surface area contributed by atoms with Gasteiger partial charge in [-0.25, -0.2) is 8.42 Å². The number of carbonyl (C=O) groups excluding carboxylic acids is 1. The Labute approximate surface area is 118 Å². The zero-order valence-corrected chi connectivity index (χ0v) is 12.5. The van der Waals surface area contributed by atoms with Crippen molar-refractivity contribution in [1.29, 1.82) is 0 Å². The van der Waals surface area contributed by atoms with Gasteiger partial charge in [0.25, 0.3) is 0 Å². The maximum absolute atomic E-state index is 11.9. The Balaban J connectivity index is 2.92. The average molecular weight is 299 g/mol. The minimum atomic E-state index is -3.63. The summed E-state index contributed by atoms with van der Waals surface area (Å²) in [5.74, 6) is 1.78. The molecule has 0 saturated heterocycles. The van der Waals surface area contributed by atoms with Crippen LogP contribution in [-0.4, -0.2) is 37.2 Å². The van der Waals surface area contributed by atoms with Crippen LogP contribution in [0.5, 0.6) is 0 Å². The molecule has 7 heteroatoms. The fourth-order valence-corrected chi connectivity index (χ4v) is 2.42. The maximum Gasteiger partial charge on any atom is 0.327 e. The van der Waals surface area contributed by atoms with Gasteiger partial charge in [-0.2, -0.15) is 0 Å². The van der Waals surface area contributed by atoms with Crippen molar-refractivity contribution in [2.45, 2.75) is 31.4 Å². The molecular formula is C13H17NO5S. The van der Waals surface area contributed by atoms with Crippen LogP contribution in [0, 0.1) is 12.3 Å². The summed E-state index contributed by atoms with van der Waals surface area (Å²) in [4.78, 5) is 11.9. The van der Waals surface area contributed by atoms with Crippen molar-refractivity contribution in [3.63, 3.8) is 0 Å². The normalized spacial score (nSPS) is 14.3. The third kappa shape index (κ3) is 3.39. The molecule has 0 aliphatic heterocycles. The molecule has 0 aliphatic rings. The third-order valence-electron chi connectivity index (χ3n) is 3.09. The van der Waals surface area contributed by atoms with Crippen molar-refractivity contribution >= 4 is 15.8 Å². The van der Waals surface area contributed by atoms with Gasteiger partial charge >= 0.3 is 5.97 Å². The molecule has 0 aromatic carbocycles. The minimum Gasteiger partial charge on any atom is -0.465 e. The average Bonchev–Trinajstić information content (AvgIpc) is 2.82. The fourth-order valence-electron chi connectivity index (χ4n) is 1.59. The van der Waals surface area contributed by atoms with Crippen molar-refractivity contribution in [2.75, 3.05) is 12.9 Å². The van der Waals surface area contributed by atoms with Gasteiger partial charge in [-0.15, -0.1) is 6.42 Å². The van der Waals surface area contributed by atoms with Crippen LogP contribution in [0.4, 0.5) is 0 Å². The van der Waals surface area contributed by atoms with Crippen LogP contribution in [-0.2, 0) is 25.8 Å². The smallest absolute Gasteiger partial charge is 0.327 e. The summed E-state index contributed by atoms with van der Waals surface area (Å²) in [7, 11) is -3.63. The molecule has 1 atom stereocenters. The number of nitrogens with zero attached hydrogens (tertiary/aromatic N) is 1. The van der Waals surface area contributed by atoms with E-state index < -0.39 is 20.6 Å². The Morgan fingerprint density at radius 2 is 2.25 bits per heavy atom. The monoisotopic (exact) mass is 299 g/mol. The predicted octanol–water partition coefficient (Wildman–Crippen LogP) is 0.955. The zero-order chi connectivity index (χ0) is 15.4. The highest BCUT2D eigenvalue weighted by atomic mass is 32.2. The van der Waals surface area contributed by atoms with Gasteiger partial charge in [0.15, 0.2) is 14.6 Å². The van der Waals surface area contributed by atoms with E-state index in [1.54, 1.807) is 6.92 Å². The number of aromatic nitrogens is 1. The molecular weight excluding hydrogens is 282 g/mol. The minimum absolute atomic E-state index is 0.0429. The van der Waals surface area contributed by atoms with Crippen molar-refractivity contribution < 1.29 is 22.5 Å². The Morgan fingerprint density at radius 3 is 2.70 bits per heavy atom. The fraction of sp³-hybridized carbons (Fsp3) is 0.538. The van der Waals surface area contributed by atoms with Crippen LogP contribution in [0.1, 0.15) is 31.7 Å². The van der Waals surface area contributed by atoms with Gasteiger partial charge in [0.05, 0.1) is 12.3 Å². The van der Waals surface area contributed by atoms with Gasteiger partial charge in [-0.1, -0.05) is 5.16 Å². The summed E-state index contributed by atoms with van der Waals surface area (Å²) in [6, 6.07) is 1.54. The van der Waals surface area contributed by atoms with E-state index >= 15 is 0 Å². The molecule has 0 fully saturated rings. The lowest BCUT2D eigenvalue weighted by molar-refractivity contribution is -0.146. The summed E-state index contributed by atoms with van der Waals surface area (Å²) < 4.78 is 31.8. The first-order valence-corrected chi connectivity index (χ1v) is 7.92. The van der Waals surface area contributed by atoms with Crippen molar-refractivity contribution in [3.8, 4) is 12.3 Å². The Hall–Kier alpha value is -1.81. The number of esters is 1. The van der Waals surface area contributed by atoms with Gasteiger partial charge in [0, 0.05) is 12.3 Å². The Bertz CT molecular complexity index is 625. The second kappa shape index (κ2) is 6.09. The molecule has 6 nitrogen and oxygen atoms in total. The second-order valence-electron chi connectivity index (χ2n) is 4.55. The molecule has 110 valence electrons. The van der Waals surface area contributed by atoms with E-state index in [1.807, 2.05) is 0 Å². The molecule has 1 aromatic heterocycles. The predicted molar refractivity (Wildman–Crippen MR) is 72.6 cm³/mol. The van der Waals surface area contributed by atoms with E-state index in [9.17, 15) is 13.2 Å². The van der Waals surface area contributed by atoms with E-state index in [2.05, 4.69) is 11.1 Å². The first-order valence-electron chi connectivity index (χ1n) is 6.03. The van der Waals surface area contributed by atoms with Crippen LogP contribution in [0.15, 0.2) is 10.6 Å². The Kier molecular flexibility index (Phi) is 4.95. The number of carbonyl (C=O) groups is 1. The molecule has 0 saturated carbocycles. The van der Waals surface area contributed by atoms with E-state index in [0.717, 1.165) is 6.26 Å². The highest BCUT2D eigenvalue weighted by molar-refractivity contribution is 7.92.